The Bertz CT molecular complexity index is 1320. The van der Waals surface area contributed by atoms with Crippen molar-refractivity contribution in [2.75, 3.05) is 24.5 Å². The summed E-state index contributed by atoms with van der Waals surface area (Å²) in [5.41, 5.74) is 1.46. The molecule has 3 unspecified atom stereocenters. The Balaban J connectivity index is 1.66. The molecule has 4 atom stereocenters. The number of rotatable bonds is 6. The average Bonchev–Trinajstić information content (AvgIpc) is 3.28. The highest BCUT2D eigenvalue weighted by Crippen LogP contribution is 2.43. The Morgan fingerprint density at radius 2 is 1.47 bits per heavy atom. The number of hydrogen-bond acceptors (Lipinski definition) is 7. The highest BCUT2D eigenvalue weighted by atomic mass is 16.6. The number of hydrogen-bond donors (Lipinski definition) is 1. The molecule has 0 bridgehead atoms. The lowest BCUT2D eigenvalue weighted by atomic mass is 9.91. The quantitative estimate of drug-likeness (QED) is 0.455. The van der Waals surface area contributed by atoms with Gasteiger partial charge in [0.05, 0.1) is 30.5 Å². The summed E-state index contributed by atoms with van der Waals surface area (Å²) in [6.45, 7) is 13.1. The fraction of sp³-hybridized carbons (Fsp3) is 0.500. The lowest BCUT2D eigenvalue weighted by Crippen LogP contribution is -2.62. The van der Waals surface area contributed by atoms with Gasteiger partial charge in [0.15, 0.2) is 0 Å². The number of para-hydroxylation sites is 1. The van der Waals surface area contributed by atoms with E-state index in [-0.39, 0.29) is 38.0 Å². The van der Waals surface area contributed by atoms with E-state index in [4.69, 9.17) is 9.47 Å². The molecule has 0 aromatic heterocycles. The van der Waals surface area contributed by atoms with E-state index in [9.17, 15) is 19.5 Å². The fourth-order valence-corrected chi connectivity index (χ4v) is 5.76. The van der Waals surface area contributed by atoms with Crippen molar-refractivity contribution in [1.82, 2.24) is 9.80 Å². The number of carbonyl (C=O) groups excluding carboxylic acids is 3. The molecule has 2 aromatic carbocycles. The molecule has 2 aromatic rings. The van der Waals surface area contributed by atoms with Crippen LogP contribution in [0, 0.1) is 5.92 Å². The average molecular weight is 592 g/mol. The first-order valence-electron chi connectivity index (χ1n) is 14.9. The molecule has 2 heterocycles. The Morgan fingerprint density at radius 1 is 0.884 bits per heavy atom. The monoisotopic (exact) mass is 591 g/mol. The molecule has 4 rings (SSSR count). The molecule has 1 saturated heterocycles. The number of aliphatic hydroxyl groups excluding tert-OH is 1. The van der Waals surface area contributed by atoms with Crippen LogP contribution < -0.4 is 4.90 Å². The molecule has 2 amide bonds. The van der Waals surface area contributed by atoms with E-state index in [0.29, 0.717) is 0 Å². The van der Waals surface area contributed by atoms with Crippen molar-refractivity contribution < 1.29 is 29.0 Å². The second-order valence-electron chi connectivity index (χ2n) is 13.3. The largest absolute Gasteiger partial charge is 0.460 e. The van der Waals surface area contributed by atoms with Crippen molar-refractivity contribution >= 4 is 23.7 Å². The highest BCUT2D eigenvalue weighted by Gasteiger charge is 2.46. The Kier molecular flexibility index (Phi) is 9.54. The molecule has 2 aliphatic rings. The number of benzene rings is 2. The van der Waals surface area contributed by atoms with Gasteiger partial charge in [0.25, 0.3) is 0 Å². The Hall–Kier alpha value is -3.85. The standard InChI is InChI=1S/C34H45N3O6/c1-23-20-26(30(24-14-10-8-11-15-24)37(23)25-16-12-9-13-17-25)31(40)36-19-18-35(32(41)43-34(5,6)7)22-27(36)28(38)21-29(39)42-33(2,3)4/h8-17,20,26-28,30,38H,18-19,21-22H2,1-7H3/t26?,27?,28-,30?/m0/s1. The van der Waals surface area contributed by atoms with Crippen LogP contribution in [0.3, 0.4) is 0 Å². The van der Waals surface area contributed by atoms with Gasteiger partial charge in [-0.25, -0.2) is 4.79 Å². The van der Waals surface area contributed by atoms with Crippen molar-refractivity contribution in [3.63, 3.8) is 0 Å². The van der Waals surface area contributed by atoms with E-state index in [1.807, 2.05) is 73.7 Å². The number of nitrogens with zero attached hydrogens (tertiary/aromatic N) is 3. The summed E-state index contributed by atoms with van der Waals surface area (Å²) in [4.78, 5) is 45.6. The lowest BCUT2D eigenvalue weighted by molar-refractivity contribution is -0.160. The number of piperazine rings is 1. The van der Waals surface area contributed by atoms with Crippen molar-refractivity contribution in [3.8, 4) is 0 Å². The van der Waals surface area contributed by atoms with Crippen LogP contribution in [0.1, 0.15) is 66.5 Å². The number of anilines is 1. The highest BCUT2D eigenvalue weighted by molar-refractivity contribution is 5.85. The zero-order chi connectivity index (χ0) is 31.5. The number of allylic oxidation sites excluding steroid dienone is 1. The van der Waals surface area contributed by atoms with Crippen molar-refractivity contribution in [3.05, 3.63) is 78.0 Å². The fourth-order valence-electron chi connectivity index (χ4n) is 5.76. The van der Waals surface area contributed by atoms with Crippen LogP contribution in [-0.4, -0.2) is 75.9 Å². The smallest absolute Gasteiger partial charge is 0.410 e. The SMILES string of the molecule is CC1=CC(C(=O)N2CCN(C(=O)OC(C)(C)C)CC2[C@@H](O)CC(=O)OC(C)(C)C)C(c2ccccc2)N1c1ccccc1. The molecule has 0 spiro atoms. The van der Waals surface area contributed by atoms with E-state index in [1.165, 1.54) is 4.90 Å². The first kappa shape index (κ1) is 32.1. The molecule has 43 heavy (non-hydrogen) atoms. The van der Waals surface area contributed by atoms with E-state index in [1.54, 1.807) is 46.4 Å². The number of esters is 1. The van der Waals surface area contributed by atoms with Gasteiger partial charge in [-0.2, -0.15) is 0 Å². The second-order valence-corrected chi connectivity index (χ2v) is 13.3. The molecule has 9 nitrogen and oxygen atoms in total. The first-order valence-corrected chi connectivity index (χ1v) is 14.9. The van der Waals surface area contributed by atoms with Gasteiger partial charge in [0.2, 0.25) is 5.91 Å². The summed E-state index contributed by atoms with van der Waals surface area (Å²) in [6, 6.07) is 18.7. The molecule has 0 aliphatic carbocycles. The second kappa shape index (κ2) is 12.8. The van der Waals surface area contributed by atoms with Crippen LogP contribution in [0.5, 0.6) is 0 Å². The third kappa shape index (κ3) is 7.96. The molecule has 232 valence electrons. The summed E-state index contributed by atoms with van der Waals surface area (Å²) in [5, 5.41) is 11.4. The zero-order valence-electron chi connectivity index (χ0n) is 26.3. The molecular weight excluding hydrogens is 546 g/mol. The van der Waals surface area contributed by atoms with Gasteiger partial charge < -0.3 is 29.3 Å². The topological polar surface area (TPSA) is 99.6 Å². The van der Waals surface area contributed by atoms with E-state index < -0.39 is 41.3 Å². The van der Waals surface area contributed by atoms with Gasteiger partial charge in [0, 0.05) is 31.0 Å². The first-order chi connectivity index (χ1) is 20.1. The summed E-state index contributed by atoms with van der Waals surface area (Å²) in [5.74, 6) is -1.31. The molecule has 2 aliphatic heterocycles. The van der Waals surface area contributed by atoms with Crippen LogP contribution in [0.25, 0.3) is 0 Å². The van der Waals surface area contributed by atoms with E-state index in [0.717, 1.165) is 16.9 Å². The summed E-state index contributed by atoms with van der Waals surface area (Å²) in [6.07, 6.45) is -0.116. The van der Waals surface area contributed by atoms with E-state index in [2.05, 4.69) is 4.90 Å². The minimum absolute atomic E-state index is 0.0262. The normalized spacial score (nSPS) is 21.7. The summed E-state index contributed by atoms with van der Waals surface area (Å²) >= 11 is 0. The van der Waals surface area contributed by atoms with Crippen LogP contribution in [0.15, 0.2) is 72.4 Å². The molecule has 1 N–H and O–H groups in total. The summed E-state index contributed by atoms with van der Waals surface area (Å²) in [7, 11) is 0. The number of aliphatic hydroxyl groups is 1. The van der Waals surface area contributed by atoms with Gasteiger partial charge >= 0.3 is 12.1 Å². The molecule has 1 fully saturated rings. The zero-order valence-corrected chi connectivity index (χ0v) is 26.3. The van der Waals surface area contributed by atoms with Crippen LogP contribution in [0.2, 0.25) is 0 Å². The lowest BCUT2D eigenvalue weighted by Gasteiger charge is -2.45. The van der Waals surface area contributed by atoms with Crippen LogP contribution in [-0.2, 0) is 19.1 Å². The van der Waals surface area contributed by atoms with Crippen LogP contribution >= 0.6 is 0 Å². The molecule has 0 radical (unpaired) electrons. The van der Waals surface area contributed by atoms with Gasteiger partial charge in [-0.05, 0) is 66.2 Å². The van der Waals surface area contributed by atoms with Gasteiger partial charge in [-0.1, -0.05) is 54.6 Å². The number of ether oxygens (including phenoxy) is 2. The maximum absolute atomic E-state index is 14.5. The maximum atomic E-state index is 14.5. The maximum Gasteiger partial charge on any atom is 0.410 e. The van der Waals surface area contributed by atoms with Crippen molar-refractivity contribution in [1.29, 1.82) is 0 Å². The van der Waals surface area contributed by atoms with Gasteiger partial charge in [-0.3, -0.25) is 9.59 Å². The number of amides is 2. The van der Waals surface area contributed by atoms with E-state index >= 15 is 0 Å². The molecule has 0 saturated carbocycles. The van der Waals surface area contributed by atoms with Crippen molar-refractivity contribution in [2.24, 2.45) is 5.92 Å². The third-order valence-corrected chi connectivity index (χ3v) is 7.47. The molecule has 9 heteroatoms. The van der Waals surface area contributed by atoms with Crippen LogP contribution in [0.4, 0.5) is 10.5 Å². The predicted molar refractivity (Wildman–Crippen MR) is 165 cm³/mol. The third-order valence-electron chi connectivity index (χ3n) is 7.47. The Labute approximate surface area is 255 Å². The summed E-state index contributed by atoms with van der Waals surface area (Å²) < 4.78 is 11.1. The minimum atomic E-state index is -1.25. The minimum Gasteiger partial charge on any atom is -0.460 e. The molecular formula is C34H45N3O6. The predicted octanol–water partition coefficient (Wildman–Crippen LogP) is 5.31. The van der Waals surface area contributed by atoms with Crippen molar-refractivity contribution in [2.45, 2.75) is 84.3 Å². The van der Waals surface area contributed by atoms with Gasteiger partial charge in [0.1, 0.15) is 11.2 Å². The Morgan fingerprint density at radius 3 is 2.05 bits per heavy atom. The van der Waals surface area contributed by atoms with Gasteiger partial charge in [-0.15, -0.1) is 0 Å². The number of carbonyl (C=O) groups is 3.